The number of amides is 1. The van der Waals surface area contributed by atoms with Gasteiger partial charge in [-0.3, -0.25) is 14.5 Å². The van der Waals surface area contributed by atoms with E-state index < -0.39 is 5.97 Å². The number of nitrogens with zero attached hydrogens (tertiary/aromatic N) is 3. The number of para-hydroxylation sites is 2. The Kier molecular flexibility index (Phi) is 5.24. The van der Waals surface area contributed by atoms with Crippen LogP contribution in [0.4, 0.5) is 5.69 Å². The summed E-state index contributed by atoms with van der Waals surface area (Å²) in [6.07, 6.45) is 0.186. The fourth-order valence-corrected chi connectivity index (χ4v) is 3.02. The maximum Gasteiger partial charge on any atom is 0.326 e. The van der Waals surface area contributed by atoms with E-state index in [0.29, 0.717) is 17.3 Å². The highest BCUT2D eigenvalue weighted by Gasteiger charge is 2.25. The molecule has 29 heavy (non-hydrogen) atoms. The summed E-state index contributed by atoms with van der Waals surface area (Å²) in [5, 5.41) is 7.90. The molecule has 2 heterocycles. The molecule has 0 aliphatic carbocycles. The molecule has 8 heteroatoms. The zero-order valence-electron chi connectivity index (χ0n) is 15.8. The quantitative estimate of drug-likeness (QED) is 0.615. The second-order valence-electron chi connectivity index (χ2n) is 6.58. The lowest BCUT2D eigenvalue weighted by Crippen LogP contribution is -2.36. The molecular weight excluding hydrogens is 374 g/mol. The van der Waals surface area contributed by atoms with Crippen LogP contribution in [0.2, 0.25) is 0 Å². The van der Waals surface area contributed by atoms with Crippen molar-refractivity contribution < 1.29 is 23.5 Å². The minimum atomic E-state index is -0.578. The molecule has 1 aliphatic heterocycles. The maximum atomic E-state index is 12.4. The number of aryl methyl sites for hydroxylation is 1. The first-order valence-corrected chi connectivity index (χ1v) is 9.17. The number of hydrogen-bond acceptors (Lipinski definition) is 7. The summed E-state index contributed by atoms with van der Waals surface area (Å²) in [6, 6.07) is 14.7. The molecule has 0 saturated carbocycles. The molecule has 0 fully saturated rings. The van der Waals surface area contributed by atoms with E-state index in [2.05, 4.69) is 10.2 Å². The molecule has 148 valence electrons. The lowest BCUT2D eigenvalue weighted by Gasteiger charge is -2.20. The number of rotatable bonds is 5. The highest BCUT2D eigenvalue weighted by atomic mass is 16.5. The van der Waals surface area contributed by atoms with E-state index >= 15 is 0 Å². The van der Waals surface area contributed by atoms with Crippen molar-refractivity contribution in [2.45, 2.75) is 20.0 Å². The van der Waals surface area contributed by atoms with Gasteiger partial charge in [0.25, 0.3) is 5.89 Å². The van der Waals surface area contributed by atoms with Gasteiger partial charge in [0.15, 0.2) is 6.61 Å². The van der Waals surface area contributed by atoms with Gasteiger partial charge < -0.3 is 13.9 Å². The van der Waals surface area contributed by atoms with Crippen LogP contribution >= 0.6 is 0 Å². The molecule has 2 aromatic carbocycles. The number of fused-ring (bicyclic) bond motifs is 1. The molecule has 0 atom stereocenters. The Balaban J connectivity index is 1.40. The number of esters is 1. The summed E-state index contributed by atoms with van der Waals surface area (Å²) in [5.41, 5.74) is 2.41. The Labute approximate surface area is 167 Å². The molecule has 0 saturated heterocycles. The molecule has 4 rings (SSSR count). The first-order chi connectivity index (χ1) is 14.1. The number of hydrogen-bond donors (Lipinski definition) is 0. The lowest BCUT2D eigenvalue weighted by molar-refractivity contribution is -0.144. The smallest absolute Gasteiger partial charge is 0.326 e. The van der Waals surface area contributed by atoms with Gasteiger partial charge in [-0.1, -0.05) is 29.8 Å². The van der Waals surface area contributed by atoms with Crippen LogP contribution in [0.25, 0.3) is 11.5 Å². The second kappa shape index (κ2) is 8.14. The predicted octanol–water partition coefficient (Wildman–Crippen LogP) is 2.90. The van der Waals surface area contributed by atoms with Gasteiger partial charge in [0, 0.05) is 5.56 Å². The Bertz CT molecular complexity index is 1050. The summed E-state index contributed by atoms with van der Waals surface area (Å²) in [6.45, 7) is 1.84. The van der Waals surface area contributed by atoms with Gasteiger partial charge in [-0.15, -0.1) is 10.2 Å². The highest BCUT2D eigenvalue weighted by molar-refractivity contribution is 5.99. The normalized spacial score (nSPS) is 13.4. The molecule has 0 radical (unpaired) electrons. The van der Waals surface area contributed by atoms with Gasteiger partial charge >= 0.3 is 5.97 Å². The lowest BCUT2D eigenvalue weighted by atomic mass is 10.1. The van der Waals surface area contributed by atoms with Crippen LogP contribution in [0.15, 0.2) is 52.9 Å². The van der Waals surface area contributed by atoms with Gasteiger partial charge in [0.2, 0.25) is 11.8 Å². The Morgan fingerprint density at radius 1 is 1.17 bits per heavy atom. The average Bonchev–Trinajstić information content (AvgIpc) is 3.14. The third-order valence-electron chi connectivity index (χ3n) is 4.41. The van der Waals surface area contributed by atoms with Gasteiger partial charge in [0.1, 0.15) is 12.3 Å². The average molecular weight is 393 g/mol. The van der Waals surface area contributed by atoms with Crippen molar-refractivity contribution in [3.8, 4) is 17.2 Å². The molecule has 1 aromatic heterocycles. The topological polar surface area (TPSA) is 94.8 Å². The molecule has 1 amide bonds. The zero-order chi connectivity index (χ0) is 20.2. The monoisotopic (exact) mass is 393 g/mol. The maximum absolute atomic E-state index is 12.4. The van der Waals surface area contributed by atoms with Gasteiger partial charge in [-0.25, -0.2) is 0 Å². The van der Waals surface area contributed by atoms with E-state index in [-0.39, 0.29) is 38.0 Å². The minimum Gasteiger partial charge on any atom is -0.491 e. The van der Waals surface area contributed by atoms with Crippen LogP contribution in [0.5, 0.6) is 5.75 Å². The summed E-state index contributed by atoms with van der Waals surface area (Å²) in [5.74, 6) is 0.317. The predicted molar refractivity (Wildman–Crippen MR) is 103 cm³/mol. The Morgan fingerprint density at radius 2 is 2.03 bits per heavy atom. The Morgan fingerprint density at radius 3 is 2.90 bits per heavy atom. The van der Waals surface area contributed by atoms with Crippen molar-refractivity contribution in [2.75, 3.05) is 18.1 Å². The molecule has 0 unspecified atom stereocenters. The third-order valence-corrected chi connectivity index (χ3v) is 4.41. The fraction of sp³-hybridized carbons (Fsp3) is 0.238. The molecule has 8 nitrogen and oxygen atoms in total. The zero-order valence-corrected chi connectivity index (χ0v) is 15.8. The largest absolute Gasteiger partial charge is 0.491 e. The van der Waals surface area contributed by atoms with E-state index in [1.54, 1.807) is 18.2 Å². The van der Waals surface area contributed by atoms with Gasteiger partial charge in [-0.05, 0) is 31.2 Å². The number of ether oxygens (including phenoxy) is 2. The van der Waals surface area contributed by atoms with Crippen LogP contribution in [0.1, 0.15) is 17.9 Å². The SMILES string of the molecule is Cc1cccc(-c2nnc(COC(=O)CN3C(=O)CCOc4ccccc43)o2)c1. The van der Waals surface area contributed by atoms with Crippen molar-refractivity contribution in [1.82, 2.24) is 10.2 Å². The molecule has 0 bridgehead atoms. The van der Waals surface area contributed by atoms with Crippen LogP contribution in [0, 0.1) is 6.92 Å². The van der Waals surface area contributed by atoms with Crippen LogP contribution in [-0.2, 0) is 20.9 Å². The summed E-state index contributed by atoms with van der Waals surface area (Å²) < 4.78 is 16.4. The first-order valence-electron chi connectivity index (χ1n) is 9.17. The van der Waals surface area contributed by atoms with E-state index in [0.717, 1.165) is 11.1 Å². The summed E-state index contributed by atoms with van der Waals surface area (Å²) in [4.78, 5) is 26.1. The first kappa shape index (κ1) is 18.7. The Hall–Kier alpha value is -3.68. The van der Waals surface area contributed by atoms with E-state index in [1.807, 2.05) is 37.3 Å². The number of carbonyl (C=O) groups excluding carboxylic acids is 2. The van der Waals surface area contributed by atoms with Crippen molar-refractivity contribution in [2.24, 2.45) is 0 Å². The van der Waals surface area contributed by atoms with Crippen LogP contribution in [0.3, 0.4) is 0 Å². The van der Waals surface area contributed by atoms with E-state index in [4.69, 9.17) is 13.9 Å². The van der Waals surface area contributed by atoms with Crippen molar-refractivity contribution >= 4 is 17.6 Å². The van der Waals surface area contributed by atoms with Gasteiger partial charge in [0.05, 0.1) is 18.7 Å². The number of aromatic nitrogens is 2. The minimum absolute atomic E-state index is 0.169. The fourth-order valence-electron chi connectivity index (χ4n) is 3.02. The standard InChI is InChI=1S/C21H19N3O5/c1-14-5-4-6-15(11-14)21-23-22-18(29-21)13-28-20(26)12-24-16-7-2-3-8-17(16)27-10-9-19(24)25/h2-8,11H,9-10,12-13H2,1H3. The molecular formula is C21H19N3O5. The van der Waals surface area contributed by atoms with E-state index in [9.17, 15) is 9.59 Å². The van der Waals surface area contributed by atoms with Crippen LogP contribution < -0.4 is 9.64 Å². The van der Waals surface area contributed by atoms with Crippen LogP contribution in [-0.4, -0.2) is 35.2 Å². The number of carbonyl (C=O) groups is 2. The van der Waals surface area contributed by atoms with Crippen molar-refractivity contribution in [3.05, 3.63) is 60.0 Å². The van der Waals surface area contributed by atoms with Crippen molar-refractivity contribution in [3.63, 3.8) is 0 Å². The number of benzene rings is 2. The summed E-state index contributed by atoms with van der Waals surface area (Å²) in [7, 11) is 0. The third kappa shape index (κ3) is 4.26. The molecule has 1 aliphatic rings. The highest BCUT2D eigenvalue weighted by Crippen LogP contribution is 2.30. The second-order valence-corrected chi connectivity index (χ2v) is 6.58. The molecule has 3 aromatic rings. The molecule has 0 N–H and O–H groups in total. The van der Waals surface area contributed by atoms with Crippen molar-refractivity contribution in [1.29, 1.82) is 0 Å². The van der Waals surface area contributed by atoms with Gasteiger partial charge in [-0.2, -0.15) is 0 Å². The summed E-state index contributed by atoms with van der Waals surface area (Å²) >= 11 is 0. The van der Waals surface area contributed by atoms with E-state index in [1.165, 1.54) is 4.90 Å². The molecule has 0 spiro atoms. The number of anilines is 1.